The van der Waals surface area contributed by atoms with Gasteiger partial charge in [-0.3, -0.25) is 9.71 Å². The number of benzene rings is 2. The summed E-state index contributed by atoms with van der Waals surface area (Å²) in [6.07, 6.45) is 4.76. The smallest absolute Gasteiger partial charge is 0.263 e. The van der Waals surface area contributed by atoms with Crippen LogP contribution in [0.3, 0.4) is 0 Å². The lowest BCUT2D eigenvalue weighted by Gasteiger charge is -2.15. The van der Waals surface area contributed by atoms with Crippen LogP contribution in [-0.4, -0.2) is 37.6 Å². The standard InChI is InChI=1S/C25H24N4O5S/c1-17-6-9-20(10-7-17)35(30,31)29-24-25(34-16-18-5-4-12-26-14-18)28-22(15-27-24)21-11-8-19(32-2)13-23(21)33-3/h4-15H,16H2,1-3H3,(H,27,29). The van der Waals surface area contributed by atoms with Crippen LogP contribution in [0.1, 0.15) is 11.1 Å². The second kappa shape index (κ2) is 10.4. The van der Waals surface area contributed by atoms with E-state index >= 15 is 0 Å². The number of aromatic nitrogens is 3. The molecule has 4 aromatic rings. The third-order valence-electron chi connectivity index (χ3n) is 5.09. The molecule has 2 heterocycles. The molecule has 10 heteroatoms. The quantitative estimate of drug-likeness (QED) is 0.369. The van der Waals surface area contributed by atoms with Gasteiger partial charge in [0.05, 0.1) is 31.0 Å². The number of hydrogen-bond acceptors (Lipinski definition) is 8. The number of nitrogens with zero attached hydrogens (tertiary/aromatic N) is 3. The summed E-state index contributed by atoms with van der Waals surface area (Å²) in [5.41, 5.74) is 2.81. The van der Waals surface area contributed by atoms with Crippen LogP contribution in [0.4, 0.5) is 5.82 Å². The molecule has 9 nitrogen and oxygen atoms in total. The molecule has 0 fully saturated rings. The third-order valence-corrected chi connectivity index (χ3v) is 6.44. The maximum absolute atomic E-state index is 13.0. The van der Waals surface area contributed by atoms with Gasteiger partial charge in [-0.1, -0.05) is 23.8 Å². The monoisotopic (exact) mass is 492 g/mol. The normalized spacial score (nSPS) is 11.1. The molecule has 1 N–H and O–H groups in total. The maximum Gasteiger partial charge on any atom is 0.263 e. The highest BCUT2D eigenvalue weighted by Crippen LogP contribution is 2.34. The molecule has 0 amide bonds. The summed E-state index contributed by atoms with van der Waals surface area (Å²) in [6.45, 7) is 2.00. The number of methoxy groups -OCH3 is 2. The first-order valence-corrected chi connectivity index (χ1v) is 12.1. The van der Waals surface area contributed by atoms with E-state index in [2.05, 4.69) is 19.7 Å². The Labute approximate surface area is 203 Å². The first-order valence-electron chi connectivity index (χ1n) is 10.6. The van der Waals surface area contributed by atoms with Gasteiger partial charge in [-0.15, -0.1) is 0 Å². The van der Waals surface area contributed by atoms with Crippen molar-refractivity contribution in [1.82, 2.24) is 15.0 Å². The molecule has 35 heavy (non-hydrogen) atoms. The number of anilines is 1. The van der Waals surface area contributed by atoms with E-state index in [1.807, 2.05) is 13.0 Å². The largest absolute Gasteiger partial charge is 0.497 e. The summed E-state index contributed by atoms with van der Waals surface area (Å²) < 4.78 is 45.1. The van der Waals surface area contributed by atoms with Gasteiger partial charge in [0.2, 0.25) is 5.82 Å². The number of aryl methyl sites for hydroxylation is 1. The summed E-state index contributed by atoms with van der Waals surface area (Å²) in [4.78, 5) is 13.1. The van der Waals surface area contributed by atoms with Gasteiger partial charge in [0, 0.05) is 29.6 Å². The number of rotatable bonds is 9. The van der Waals surface area contributed by atoms with Crippen molar-refractivity contribution < 1.29 is 22.6 Å². The van der Waals surface area contributed by atoms with E-state index in [1.54, 1.807) is 55.9 Å². The molecule has 0 bridgehead atoms. The van der Waals surface area contributed by atoms with Crippen LogP contribution in [0, 0.1) is 6.92 Å². The van der Waals surface area contributed by atoms with Crippen LogP contribution in [0.5, 0.6) is 17.4 Å². The Bertz CT molecular complexity index is 1410. The van der Waals surface area contributed by atoms with E-state index in [0.29, 0.717) is 22.8 Å². The fourth-order valence-electron chi connectivity index (χ4n) is 3.22. The maximum atomic E-state index is 13.0. The number of pyridine rings is 1. The minimum absolute atomic E-state index is 0.0138. The van der Waals surface area contributed by atoms with Gasteiger partial charge in [0.25, 0.3) is 15.9 Å². The molecule has 0 aliphatic carbocycles. The minimum atomic E-state index is -3.92. The molecule has 0 spiro atoms. The molecule has 2 aromatic heterocycles. The van der Waals surface area contributed by atoms with Gasteiger partial charge in [-0.25, -0.2) is 18.4 Å². The Kier molecular flexibility index (Phi) is 7.11. The van der Waals surface area contributed by atoms with Gasteiger partial charge >= 0.3 is 0 Å². The second-order valence-corrected chi connectivity index (χ2v) is 9.23. The molecule has 0 atom stereocenters. The average molecular weight is 493 g/mol. The Morgan fingerprint density at radius 2 is 1.77 bits per heavy atom. The molecule has 0 aliphatic heterocycles. The summed E-state index contributed by atoms with van der Waals surface area (Å²) in [6, 6.07) is 15.4. The Morgan fingerprint density at radius 1 is 0.971 bits per heavy atom. The van der Waals surface area contributed by atoms with Crippen molar-refractivity contribution in [2.75, 3.05) is 18.9 Å². The minimum Gasteiger partial charge on any atom is -0.497 e. The number of nitrogens with one attached hydrogen (secondary N) is 1. The van der Waals surface area contributed by atoms with Crippen molar-refractivity contribution in [2.45, 2.75) is 18.4 Å². The van der Waals surface area contributed by atoms with Crippen LogP contribution < -0.4 is 18.9 Å². The fourth-order valence-corrected chi connectivity index (χ4v) is 4.23. The Balaban J connectivity index is 1.72. The van der Waals surface area contributed by atoms with E-state index < -0.39 is 10.0 Å². The van der Waals surface area contributed by atoms with Gasteiger partial charge in [0.15, 0.2) is 0 Å². The van der Waals surface area contributed by atoms with E-state index in [4.69, 9.17) is 14.2 Å². The third kappa shape index (κ3) is 5.67. The van der Waals surface area contributed by atoms with Crippen LogP contribution in [0.25, 0.3) is 11.3 Å². The molecule has 0 saturated carbocycles. The van der Waals surface area contributed by atoms with Gasteiger partial charge in [-0.05, 0) is 37.3 Å². The molecule has 0 aliphatic rings. The average Bonchev–Trinajstić information content (AvgIpc) is 2.88. The molecular weight excluding hydrogens is 468 g/mol. The summed E-state index contributed by atoms with van der Waals surface area (Å²) in [5, 5.41) is 0. The lowest BCUT2D eigenvalue weighted by molar-refractivity contribution is 0.294. The fraction of sp³-hybridized carbons (Fsp3) is 0.160. The molecule has 2 aromatic carbocycles. The van der Waals surface area contributed by atoms with Crippen molar-refractivity contribution in [2.24, 2.45) is 0 Å². The number of sulfonamides is 1. The lowest BCUT2D eigenvalue weighted by atomic mass is 10.1. The SMILES string of the molecule is COc1ccc(-c2cnc(NS(=O)(=O)c3ccc(C)cc3)c(OCc3cccnc3)n2)c(OC)c1. The van der Waals surface area contributed by atoms with E-state index in [9.17, 15) is 8.42 Å². The van der Waals surface area contributed by atoms with E-state index in [-0.39, 0.29) is 23.2 Å². The van der Waals surface area contributed by atoms with E-state index in [0.717, 1.165) is 11.1 Å². The second-order valence-electron chi connectivity index (χ2n) is 7.54. The lowest BCUT2D eigenvalue weighted by Crippen LogP contribution is -2.16. The van der Waals surface area contributed by atoms with Crippen LogP contribution >= 0.6 is 0 Å². The predicted molar refractivity (Wildman–Crippen MR) is 131 cm³/mol. The van der Waals surface area contributed by atoms with Crippen molar-refractivity contribution in [3.63, 3.8) is 0 Å². The molecule has 0 radical (unpaired) electrons. The molecule has 180 valence electrons. The molecular formula is C25H24N4O5S. The van der Waals surface area contributed by atoms with Crippen LogP contribution in [0.2, 0.25) is 0 Å². The zero-order valence-corrected chi connectivity index (χ0v) is 20.2. The molecule has 4 rings (SSSR count). The predicted octanol–water partition coefficient (Wildman–Crippen LogP) is 4.24. The van der Waals surface area contributed by atoms with Crippen LogP contribution in [0.15, 0.2) is 78.1 Å². The molecule has 0 saturated heterocycles. The number of hydrogen-bond donors (Lipinski definition) is 1. The molecule has 0 unspecified atom stereocenters. The summed E-state index contributed by atoms with van der Waals surface area (Å²) in [7, 11) is -0.821. The van der Waals surface area contributed by atoms with Crippen molar-refractivity contribution in [3.8, 4) is 28.6 Å². The Hall–Kier alpha value is -4.18. The zero-order chi connectivity index (χ0) is 24.8. The van der Waals surface area contributed by atoms with Gasteiger partial charge < -0.3 is 14.2 Å². The first-order chi connectivity index (χ1) is 16.9. The summed E-state index contributed by atoms with van der Waals surface area (Å²) >= 11 is 0. The van der Waals surface area contributed by atoms with Crippen LogP contribution in [-0.2, 0) is 16.6 Å². The number of ether oxygens (including phenoxy) is 3. The zero-order valence-electron chi connectivity index (χ0n) is 19.4. The highest BCUT2D eigenvalue weighted by Gasteiger charge is 2.20. The van der Waals surface area contributed by atoms with Gasteiger partial charge in [0.1, 0.15) is 18.1 Å². The van der Waals surface area contributed by atoms with Gasteiger partial charge in [-0.2, -0.15) is 0 Å². The first kappa shape index (κ1) is 24.0. The van der Waals surface area contributed by atoms with E-state index in [1.165, 1.54) is 25.4 Å². The highest BCUT2D eigenvalue weighted by atomic mass is 32.2. The topological polar surface area (TPSA) is 113 Å². The summed E-state index contributed by atoms with van der Waals surface area (Å²) in [5.74, 6) is 1.12. The van der Waals surface area contributed by atoms with Crippen molar-refractivity contribution in [1.29, 1.82) is 0 Å². The highest BCUT2D eigenvalue weighted by molar-refractivity contribution is 7.92. The van der Waals surface area contributed by atoms with Crippen molar-refractivity contribution >= 4 is 15.8 Å². The van der Waals surface area contributed by atoms with Crippen molar-refractivity contribution in [3.05, 3.63) is 84.3 Å². The Morgan fingerprint density at radius 3 is 2.46 bits per heavy atom.